The van der Waals surface area contributed by atoms with Gasteiger partial charge < -0.3 is 14.4 Å². The summed E-state index contributed by atoms with van der Waals surface area (Å²) in [5, 5.41) is 8.09. The number of rotatable bonds is 2. The van der Waals surface area contributed by atoms with E-state index in [2.05, 4.69) is 10.2 Å². The average molecular weight is 340 g/mol. The van der Waals surface area contributed by atoms with Crippen molar-refractivity contribution in [1.82, 2.24) is 15.1 Å². The van der Waals surface area contributed by atoms with E-state index in [1.54, 1.807) is 17.0 Å². The van der Waals surface area contributed by atoms with Gasteiger partial charge in [-0.05, 0) is 45.6 Å². The standard InChI is InChI=1S/C16H22ClN3O3/c1-16(2,3)23-15(21)20-8-10-4-5-12(11(10)9-20)22-14-7-6-13(17)18-19-14/h6-7,10-12H,4-5,8-9H2,1-3H3. The molecule has 7 heteroatoms. The fourth-order valence-electron chi connectivity index (χ4n) is 3.36. The van der Waals surface area contributed by atoms with E-state index in [1.165, 1.54) is 0 Å². The summed E-state index contributed by atoms with van der Waals surface area (Å²) in [6.07, 6.45) is 1.84. The molecular weight excluding hydrogens is 318 g/mol. The van der Waals surface area contributed by atoms with E-state index in [0.717, 1.165) is 19.4 Å². The van der Waals surface area contributed by atoms with Crippen molar-refractivity contribution in [3.8, 4) is 5.88 Å². The van der Waals surface area contributed by atoms with Crippen LogP contribution in [0.4, 0.5) is 4.79 Å². The number of aromatic nitrogens is 2. The third-order valence-electron chi connectivity index (χ3n) is 4.32. The lowest BCUT2D eigenvalue weighted by molar-refractivity contribution is 0.0267. The molecule has 1 aliphatic heterocycles. The Balaban J connectivity index is 1.60. The molecule has 0 radical (unpaired) electrons. The quantitative estimate of drug-likeness (QED) is 0.828. The topological polar surface area (TPSA) is 64.5 Å². The van der Waals surface area contributed by atoms with E-state index >= 15 is 0 Å². The molecule has 2 heterocycles. The Morgan fingerprint density at radius 1 is 1.26 bits per heavy atom. The van der Waals surface area contributed by atoms with Crippen LogP contribution in [0.1, 0.15) is 33.6 Å². The molecule has 3 unspecified atom stereocenters. The largest absolute Gasteiger partial charge is 0.473 e. The Bertz CT molecular complexity index is 573. The van der Waals surface area contributed by atoms with Gasteiger partial charge >= 0.3 is 6.09 Å². The van der Waals surface area contributed by atoms with Gasteiger partial charge in [0.2, 0.25) is 5.88 Å². The van der Waals surface area contributed by atoms with Crippen LogP contribution in [0.15, 0.2) is 12.1 Å². The van der Waals surface area contributed by atoms with Gasteiger partial charge in [-0.25, -0.2) is 4.79 Å². The maximum atomic E-state index is 12.2. The van der Waals surface area contributed by atoms with Crippen molar-refractivity contribution >= 4 is 17.7 Å². The molecule has 1 amide bonds. The van der Waals surface area contributed by atoms with Crippen LogP contribution in [0.25, 0.3) is 0 Å². The number of ether oxygens (including phenoxy) is 2. The third-order valence-corrected chi connectivity index (χ3v) is 4.52. The Morgan fingerprint density at radius 2 is 2.04 bits per heavy atom. The van der Waals surface area contributed by atoms with E-state index in [0.29, 0.717) is 29.4 Å². The summed E-state index contributed by atoms with van der Waals surface area (Å²) in [6.45, 7) is 7.06. The summed E-state index contributed by atoms with van der Waals surface area (Å²) in [7, 11) is 0. The fourth-order valence-corrected chi connectivity index (χ4v) is 3.46. The molecule has 6 nitrogen and oxygen atoms in total. The molecule has 1 aliphatic carbocycles. The Kier molecular flexibility index (Phi) is 4.36. The molecule has 0 spiro atoms. The van der Waals surface area contributed by atoms with Crippen LogP contribution < -0.4 is 4.74 Å². The first-order chi connectivity index (χ1) is 10.8. The van der Waals surface area contributed by atoms with Crippen molar-refractivity contribution in [3.05, 3.63) is 17.3 Å². The molecule has 2 aliphatic rings. The number of hydrogen-bond donors (Lipinski definition) is 0. The highest BCUT2D eigenvalue weighted by Crippen LogP contribution is 2.40. The summed E-state index contributed by atoms with van der Waals surface area (Å²) >= 11 is 5.74. The van der Waals surface area contributed by atoms with Crippen molar-refractivity contribution in [2.45, 2.75) is 45.3 Å². The predicted molar refractivity (Wildman–Crippen MR) is 85.5 cm³/mol. The molecular formula is C16H22ClN3O3. The minimum Gasteiger partial charge on any atom is -0.473 e. The van der Waals surface area contributed by atoms with Gasteiger partial charge in [0.1, 0.15) is 11.7 Å². The highest BCUT2D eigenvalue weighted by atomic mass is 35.5. The molecule has 3 atom stereocenters. The summed E-state index contributed by atoms with van der Waals surface area (Å²) in [6, 6.07) is 3.39. The molecule has 3 rings (SSSR count). The molecule has 1 saturated heterocycles. The molecule has 2 fully saturated rings. The van der Waals surface area contributed by atoms with Gasteiger partial charge in [0.25, 0.3) is 0 Å². The van der Waals surface area contributed by atoms with Gasteiger partial charge in [-0.2, -0.15) is 0 Å². The van der Waals surface area contributed by atoms with Crippen LogP contribution in [0.2, 0.25) is 5.15 Å². The van der Waals surface area contributed by atoms with Gasteiger partial charge in [-0.3, -0.25) is 0 Å². The predicted octanol–water partition coefficient (Wildman–Crippen LogP) is 3.15. The first-order valence-electron chi connectivity index (χ1n) is 7.95. The van der Waals surface area contributed by atoms with Crippen molar-refractivity contribution in [1.29, 1.82) is 0 Å². The van der Waals surface area contributed by atoms with E-state index in [9.17, 15) is 4.79 Å². The van der Waals surface area contributed by atoms with Crippen LogP contribution >= 0.6 is 11.6 Å². The molecule has 0 bridgehead atoms. The molecule has 0 N–H and O–H groups in total. The molecule has 1 aromatic heterocycles. The number of halogens is 1. The maximum Gasteiger partial charge on any atom is 0.410 e. The normalized spacial score (nSPS) is 27.0. The second-order valence-electron chi connectivity index (χ2n) is 7.24. The third kappa shape index (κ3) is 3.86. The van der Waals surface area contributed by atoms with Crippen LogP contribution in [0.5, 0.6) is 5.88 Å². The Labute approximate surface area is 141 Å². The van der Waals surface area contributed by atoms with Crippen LogP contribution in [0.3, 0.4) is 0 Å². The summed E-state index contributed by atoms with van der Waals surface area (Å²) < 4.78 is 11.4. The number of hydrogen-bond acceptors (Lipinski definition) is 5. The zero-order valence-electron chi connectivity index (χ0n) is 13.7. The first-order valence-corrected chi connectivity index (χ1v) is 8.33. The lowest BCUT2D eigenvalue weighted by atomic mass is 9.99. The van der Waals surface area contributed by atoms with Gasteiger partial charge in [-0.1, -0.05) is 11.6 Å². The highest BCUT2D eigenvalue weighted by molar-refractivity contribution is 6.29. The number of carbonyl (C=O) groups is 1. The molecule has 23 heavy (non-hydrogen) atoms. The van der Waals surface area contributed by atoms with Crippen molar-refractivity contribution in [2.75, 3.05) is 13.1 Å². The van der Waals surface area contributed by atoms with Crippen molar-refractivity contribution in [3.63, 3.8) is 0 Å². The van der Waals surface area contributed by atoms with Gasteiger partial charge in [0.05, 0.1) is 0 Å². The second-order valence-corrected chi connectivity index (χ2v) is 7.62. The molecule has 0 aromatic carbocycles. The van der Waals surface area contributed by atoms with Gasteiger partial charge in [0, 0.05) is 25.1 Å². The lowest BCUT2D eigenvalue weighted by Crippen LogP contribution is -2.37. The first kappa shape index (κ1) is 16.3. The fraction of sp³-hybridized carbons (Fsp3) is 0.688. The molecule has 1 aromatic rings. The molecule has 126 valence electrons. The summed E-state index contributed by atoms with van der Waals surface area (Å²) in [5.74, 6) is 1.27. The number of amides is 1. The summed E-state index contributed by atoms with van der Waals surface area (Å²) in [5.41, 5.74) is -0.469. The van der Waals surface area contributed by atoms with E-state index in [-0.39, 0.29) is 12.2 Å². The zero-order chi connectivity index (χ0) is 16.6. The number of likely N-dealkylation sites (tertiary alicyclic amines) is 1. The molecule has 1 saturated carbocycles. The van der Waals surface area contributed by atoms with Gasteiger partial charge in [-0.15, -0.1) is 10.2 Å². The monoisotopic (exact) mass is 339 g/mol. The summed E-state index contributed by atoms with van der Waals surface area (Å²) in [4.78, 5) is 14.0. The second kappa shape index (κ2) is 6.15. The maximum absolute atomic E-state index is 12.2. The van der Waals surface area contributed by atoms with E-state index in [4.69, 9.17) is 21.1 Å². The van der Waals surface area contributed by atoms with Crippen molar-refractivity contribution < 1.29 is 14.3 Å². The average Bonchev–Trinajstić information content (AvgIpc) is 3.01. The zero-order valence-corrected chi connectivity index (χ0v) is 14.4. The number of carbonyl (C=O) groups excluding carboxylic acids is 1. The Hall–Kier alpha value is -1.56. The Morgan fingerprint density at radius 3 is 2.70 bits per heavy atom. The van der Waals surface area contributed by atoms with Crippen LogP contribution in [-0.4, -0.2) is 46.0 Å². The van der Waals surface area contributed by atoms with Crippen molar-refractivity contribution in [2.24, 2.45) is 11.8 Å². The van der Waals surface area contributed by atoms with Crippen LogP contribution in [-0.2, 0) is 4.74 Å². The van der Waals surface area contributed by atoms with E-state index in [1.807, 2.05) is 20.8 Å². The number of nitrogens with zero attached hydrogens (tertiary/aromatic N) is 3. The smallest absolute Gasteiger partial charge is 0.410 e. The van der Waals surface area contributed by atoms with Gasteiger partial charge in [0.15, 0.2) is 5.15 Å². The SMILES string of the molecule is CC(C)(C)OC(=O)N1CC2CCC(Oc3ccc(Cl)nn3)C2C1. The minimum atomic E-state index is -0.469. The van der Waals surface area contributed by atoms with E-state index < -0.39 is 5.60 Å². The highest BCUT2D eigenvalue weighted by Gasteiger charge is 2.46. The lowest BCUT2D eigenvalue weighted by Gasteiger charge is -2.25. The minimum absolute atomic E-state index is 0.0583. The number of fused-ring (bicyclic) bond motifs is 1. The van der Waals surface area contributed by atoms with Crippen LogP contribution in [0, 0.1) is 11.8 Å².